The minimum absolute atomic E-state index is 0.0137. The van der Waals surface area contributed by atoms with Crippen molar-refractivity contribution in [2.24, 2.45) is 12.5 Å². The molecule has 2 aliphatic rings. The molecule has 0 saturated carbocycles. The average molecular weight is 734 g/mol. The van der Waals surface area contributed by atoms with Crippen LogP contribution in [-0.2, 0) is 40.4 Å². The number of nitrogens with zero attached hydrogens (tertiary/aromatic N) is 5. The molecule has 0 spiro atoms. The highest BCUT2D eigenvalue weighted by atomic mass is 32.2. The third-order valence-corrected chi connectivity index (χ3v) is 9.52. The maximum absolute atomic E-state index is 13.5. The molecule has 1 aromatic heterocycles. The van der Waals surface area contributed by atoms with Crippen LogP contribution < -0.4 is 10.6 Å². The van der Waals surface area contributed by atoms with E-state index in [4.69, 9.17) is 14.2 Å². The van der Waals surface area contributed by atoms with Crippen LogP contribution in [0.3, 0.4) is 0 Å². The number of tetrazole rings is 1. The first-order valence-electron chi connectivity index (χ1n) is 15.3. The number of aromatic nitrogens is 4. The van der Waals surface area contributed by atoms with Crippen molar-refractivity contribution in [2.45, 2.75) is 69.8 Å². The Morgan fingerprint density at radius 1 is 1.10 bits per heavy atom. The lowest BCUT2D eigenvalue weighted by Gasteiger charge is -2.49. The number of carbonyl (C=O) groups is 6. The molecular weight excluding hydrogens is 695 g/mol. The van der Waals surface area contributed by atoms with Gasteiger partial charge in [0.25, 0.3) is 11.8 Å². The van der Waals surface area contributed by atoms with Crippen LogP contribution in [0, 0.1) is 5.41 Å². The van der Waals surface area contributed by atoms with Gasteiger partial charge in [-0.1, -0.05) is 36.0 Å². The summed E-state index contributed by atoms with van der Waals surface area (Å²) in [5.74, 6) is -3.21. The smallest absolute Gasteiger partial charge is 0.408 e. The van der Waals surface area contributed by atoms with E-state index in [1.165, 1.54) is 57.4 Å². The largest absolute Gasteiger partial charge is 0.444 e. The number of aryl methyl sites for hydroxylation is 1. The van der Waals surface area contributed by atoms with Gasteiger partial charge < -0.3 is 30.0 Å². The third-order valence-electron chi connectivity index (χ3n) is 7.08. The molecule has 0 bridgehead atoms. The number of β-lactam (4-membered cyclic amide) rings is 1. The molecule has 3 N–H and O–H groups in total. The van der Waals surface area contributed by atoms with Gasteiger partial charge in [-0.2, -0.15) is 0 Å². The number of thioether (sulfide) groups is 2. The van der Waals surface area contributed by atoms with Gasteiger partial charge in [-0.25, -0.2) is 14.3 Å². The van der Waals surface area contributed by atoms with Crippen LogP contribution in [0.4, 0.5) is 4.79 Å². The van der Waals surface area contributed by atoms with Crippen LogP contribution >= 0.6 is 23.5 Å². The molecule has 3 heterocycles. The van der Waals surface area contributed by atoms with Gasteiger partial charge in [-0.15, -0.1) is 16.9 Å². The normalized spacial score (nSPS) is 18.0. The maximum atomic E-state index is 13.5. The summed E-state index contributed by atoms with van der Waals surface area (Å²) in [5, 5.41) is 26.9. The number of benzene rings is 1. The number of carbonyl (C=O) groups excluding carboxylic acids is 6. The van der Waals surface area contributed by atoms with E-state index in [-0.39, 0.29) is 28.3 Å². The van der Waals surface area contributed by atoms with E-state index >= 15 is 0 Å². The first kappa shape index (κ1) is 38.3. The summed E-state index contributed by atoms with van der Waals surface area (Å²) in [7, 11) is 1.65. The summed E-state index contributed by atoms with van der Waals surface area (Å²) in [4.78, 5) is 78.5. The highest BCUT2D eigenvalue weighted by molar-refractivity contribution is 8.01. The van der Waals surface area contributed by atoms with E-state index in [0.717, 1.165) is 0 Å². The van der Waals surface area contributed by atoms with Crippen LogP contribution in [-0.4, -0.2) is 108 Å². The van der Waals surface area contributed by atoms with Crippen LogP contribution in [0.15, 0.2) is 40.7 Å². The van der Waals surface area contributed by atoms with Crippen LogP contribution in [0.2, 0.25) is 0 Å². The van der Waals surface area contributed by atoms with Gasteiger partial charge in [0.2, 0.25) is 11.9 Å². The quantitative estimate of drug-likeness (QED) is 0.0925. The molecule has 2 aliphatic heterocycles. The van der Waals surface area contributed by atoms with Gasteiger partial charge in [0.15, 0.2) is 11.9 Å². The number of aliphatic hydroxyl groups is 1. The highest BCUT2D eigenvalue weighted by Gasteiger charge is 2.55. The Labute approximate surface area is 296 Å². The van der Waals surface area contributed by atoms with Crippen molar-refractivity contribution in [1.29, 1.82) is 0 Å². The summed E-state index contributed by atoms with van der Waals surface area (Å²) in [6.07, 6.45) is -2.66. The van der Waals surface area contributed by atoms with Crippen molar-refractivity contribution < 1.29 is 48.1 Å². The number of alkyl carbamates (subject to hydrolysis) is 1. The Bertz CT molecular complexity index is 1700. The SMILES string of the molecule is Cn1nnnc1SCC1=C(C(=O)OCOC(=O)C(C)(C)C)N2C(=O)C(NC(=O)C(O)c3ccccc3C(=O)CNC(=O)OC(C)(C)C)[C@@H]2SC1. The predicted octanol–water partition coefficient (Wildman–Crippen LogP) is 1.49. The number of nitrogens with one attached hydrogen (secondary N) is 2. The van der Waals surface area contributed by atoms with Crippen LogP contribution in [0.5, 0.6) is 0 Å². The zero-order valence-electron chi connectivity index (χ0n) is 28.5. The standard InChI is InChI=1S/C31H39N7O10S2/c1-30(2,3)27(44)47-15-46-26(43)21-16(14-50-28-34-35-36-37(28)7)13-49-25-20(24(42)38(21)25)33-23(41)22(40)18-11-9-8-10-17(18)19(39)12-32-29(45)48-31(4,5)6/h8-11,20,22,25,40H,12-15H2,1-7H3,(H,32,45)(H,33,41)/t20?,22?,25-/m0/s1. The van der Waals surface area contributed by atoms with Gasteiger partial charge >= 0.3 is 18.0 Å². The molecule has 1 saturated heterocycles. The molecule has 1 fully saturated rings. The number of hydrogen-bond donors (Lipinski definition) is 3. The molecule has 3 atom stereocenters. The number of esters is 2. The molecule has 4 rings (SSSR count). The number of ether oxygens (including phenoxy) is 3. The highest BCUT2D eigenvalue weighted by Crippen LogP contribution is 2.42. The Hall–Kier alpha value is -4.49. The zero-order chi connectivity index (χ0) is 37.0. The fourth-order valence-corrected chi connectivity index (χ4v) is 6.96. The molecule has 1 aromatic carbocycles. The second kappa shape index (κ2) is 15.6. The van der Waals surface area contributed by atoms with Crippen LogP contribution in [0.1, 0.15) is 63.6 Å². The fraction of sp³-hybridized carbons (Fsp3) is 0.516. The summed E-state index contributed by atoms with van der Waals surface area (Å²) >= 11 is 2.51. The third kappa shape index (κ3) is 9.19. The first-order valence-corrected chi connectivity index (χ1v) is 17.4. The number of Topliss-reactive ketones (excluding diaryl/α,β-unsaturated/α-hetero) is 1. The molecule has 0 aliphatic carbocycles. The van der Waals surface area contributed by atoms with E-state index < -0.39 is 77.5 Å². The lowest BCUT2D eigenvalue weighted by Crippen LogP contribution is -2.71. The molecule has 3 amide bonds. The number of hydrogen-bond acceptors (Lipinski definition) is 15. The monoisotopic (exact) mass is 733 g/mol. The lowest BCUT2D eigenvalue weighted by molar-refractivity contribution is -0.173. The van der Waals surface area contributed by atoms with Crippen molar-refractivity contribution in [1.82, 2.24) is 35.7 Å². The molecule has 2 unspecified atom stereocenters. The van der Waals surface area contributed by atoms with E-state index in [0.29, 0.717) is 10.7 Å². The molecular formula is C31H39N7O10S2. The van der Waals surface area contributed by atoms with E-state index in [1.807, 2.05) is 0 Å². The van der Waals surface area contributed by atoms with Crippen molar-refractivity contribution in [2.75, 3.05) is 24.8 Å². The van der Waals surface area contributed by atoms with Crippen LogP contribution in [0.25, 0.3) is 0 Å². The van der Waals surface area contributed by atoms with Gasteiger partial charge in [0, 0.05) is 29.7 Å². The maximum Gasteiger partial charge on any atom is 0.408 e. The van der Waals surface area contributed by atoms with Gasteiger partial charge in [0.1, 0.15) is 22.7 Å². The molecule has 2 aromatic rings. The number of rotatable bonds is 12. The topological polar surface area (TPSA) is 221 Å². The summed E-state index contributed by atoms with van der Waals surface area (Å²) in [6.45, 7) is 8.81. The first-order chi connectivity index (χ1) is 23.4. The van der Waals surface area contributed by atoms with Crippen molar-refractivity contribution >= 4 is 59.2 Å². The second-order valence-corrected chi connectivity index (χ2v) is 15.3. The number of amides is 3. The minimum atomic E-state index is -1.85. The Morgan fingerprint density at radius 2 is 1.80 bits per heavy atom. The lowest BCUT2D eigenvalue weighted by atomic mass is 9.97. The van der Waals surface area contributed by atoms with Gasteiger partial charge in [-0.3, -0.25) is 24.1 Å². The summed E-state index contributed by atoms with van der Waals surface area (Å²) in [6, 6.07) is 4.72. The Morgan fingerprint density at radius 3 is 2.44 bits per heavy atom. The summed E-state index contributed by atoms with van der Waals surface area (Å²) in [5.41, 5.74) is -1.20. The van der Waals surface area contributed by atoms with E-state index in [1.54, 1.807) is 48.6 Å². The molecule has 19 heteroatoms. The second-order valence-electron chi connectivity index (χ2n) is 13.2. The predicted molar refractivity (Wildman–Crippen MR) is 178 cm³/mol. The zero-order valence-corrected chi connectivity index (χ0v) is 30.2. The fourth-order valence-electron chi connectivity index (χ4n) is 4.62. The molecule has 0 radical (unpaired) electrons. The van der Waals surface area contributed by atoms with Crippen molar-refractivity contribution in [3.8, 4) is 0 Å². The molecule has 50 heavy (non-hydrogen) atoms. The minimum Gasteiger partial charge on any atom is -0.444 e. The molecule has 270 valence electrons. The van der Waals surface area contributed by atoms with Crippen molar-refractivity contribution in [3.05, 3.63) is 46.7 Å². The van der Waals surface area contributed by atoms with E-state index in [2.05, 4.69) is 26.2 Å². The van der Waals surface area contributed by atoms with Crippen molar-refractivity contribution in [3.63, 3.8) is 0 Å². The van der Waals surface area contributed by atoms with E-state index in [9.17, 15) is 33.9 Å². The average Bonchev–Trinajstić information content (AvgIpc) is 3.46. The molecule has 17 nitrogen and oxygen atoms in total. The Balaban J connectivity index is 1.46. The Kier molecular flexibility index (Phi) is 11.9. The number of aliphatic hydroxyl groups excluding tert-OH is 1. The van der Waals surface area contributed by atoms with Gasteiger partial charge in [0.05, 0.1) is 12.0 Å². The number of fused-ring (bicyclic) bond motifs is 1. The number of ketones is 1. The summed E-state index contributed by atoms with van der Waals surface area (Å²) < 4.78 is 16.9. The van der Waals surface area contributed by atoms with Gasteiger partial charge in [-0.05, 0) is 57.5 Å².